The zero-order chi connectivity index (χ0) is 11.7. The summed E-state index contributed by atoms with van der Waals surface area (Å²) in [5.74, 6) is 1.18. The van der Waals surface area contributed by atoms with Gasteiger partial charge in [0.1, 0.15) is 0 Å². The van der Waals surface area contributed by atoms with Gasteiger partial charge in [0.2, 0.25) is 0 Å². The number of aromatic nitrogens is 1. The van der Waals surface area contributed by atoms with E-state index in [0.29, 0.717) is 6.04 Å². The predicted molar refractivity (Wildman–Crippen MR) is 72.1 cm³/mol. The van der Waals surface area contributed by atoms with Gasteiger partial charge in [0.05, 0.1) is 0 Å². The van der Waals surface area contributed by atoms with E-state index >= 15 is 0 Å². The van der Waals surface area contributed by atoms with Gasteiger partial charge in [0.15, 0.2) is 0 Å². The third kappa shape index (κ3) is 2.03. The molecule has 0 saturated heterocycles. The van der Waals surface area contributed by atoms with Crippen molar-refractivity contribution in [2.75, 3.05) is 12.0 Å². The topological polar surface area (TPSA) is 30.9 Å². The molecule has 1 aromatic rings. The number of hydrogen-bond donors (Lipinski definition) is 1. The standard InChI is InChI=1S/C13H22N2S/c1-9-7-11-12(14)5-4-6-13(11)15(9)10(2)8-16-3/h7,10,12H,4-6,8,14H2,1-3H3. The molecular weight excluding hydrogens is 216 g/mol. The lowest BCUT2D eigenvalue weighted by molar-refractivity contribution is 0.512. The van der Waals surface area contributed by atoms with Crippen LogP contribution in [0.5, 0.6) is 0 Å². The maximum absolute atomic E-state index is 6.18. The molecular formula is C13H22N2S. The Bertz CT molecular complexity index is 370. The van der Waals surface area contributed by atoms with E-state index in [1.54, 1.807) is 0 Å². The molecule has 0 radical (unpaired) electrons. The second kappa shape index (κ2) is 4.84. The van der Waals surface area contributed by atoms with Gasteiger partial charge in [-0.3, -0.25) is 0 Å². The van der Waals surface area contributed by atoms with Crippen molar-refractivity contribution in [3.63, 3.8) is 0 Å². The lowest BCUT2D eigenvalue weighted by Crippen LogP contribution is -2.20. The number of fused-ring (bicyclic) bond motifs is 1. The minimum Gasteiger partial charge on any atom is -0.345 e. The van der Waals surface area contributed by atoms with Crippen LogP contribution in [0.2, 0.25) is 0 Å². The Kier molecular flexibility index (Phi) is 3.65. The summed E-state index contributed by atoms with van der Waals surface area (Å²) in [7, 11) is 0. The van der Waals surface area contributed by atoms with Crippen molar-refractivity contribution in [1.29, 1.82) is 0 Å². The molecule has 16 heavy (non-hydrogen) atoms. The first-order valence-electron chi connectivity index (χ1n) is 6.10. The molecule has 0 fully saturated rings. The van der Waals surface area contributed by atoms with Crippen molar-refractivity contribution in [3.8, 4) is 0 Å². The van der Waals surface area contributed by atoms with E-state index in [1.165, 1.54) is 35.5 Å². The van der Waals surface area contributed by atoms with Crippen LogP contribution in [0.4, 0.5) is 0 Å². The Balaban J connectivity index is 2.38. The van der Waals surface area contributed by atoms with E-state index in [9.17, 15) is 0 Å². The number of nitrogens with two attached hydrogens (primary N) is 1. The van der Waals surface area contributed by atoms with Crippen LogP contribution in [0.1, 0.15) is 48.8 Å². The summed E-state index contributed by atoms with van der Waals surface area (Å²) in [6, 6.07) is 3.16. The van der Waals surface area contributed by atoms with E-state index in [0.717, 1.165) is 6.42 Å². The highest BCUT2D eigenvalue weighted by Crippen LogP contribution is 2.33. The van der Waals surface area contributed by atoms with Crippen LogP contribution in [-0.2, 0) is 6.42 Å². The van der Waals surface area contributed by atoms with Gasteiger partial charge in [-0.25, -0.2) is 0 Å². The summed E-state index contributed by atoms with van der Waals surface area (Å²) in [5.41, 5.74) is 10.5. The van der Waals surface area contributed by atoms with Crippen molar-refractivity contribution in [1.82, 2.24) is 4.57 Å². The molecule has 0 spiro atoms. The van der Waals surface area contributed by atoms with Crippen LogP contribution in [0, 0.1) is 6.92 Å². The van der Waals surface area contributed by atoms with Gasteiger partial charge < -0.3 is 10.3 Å². The van der Waals surface area contributed by atoms with Gasteiger partial charge in [0, 0.05) is 29.2 Å². The first-order valence-corrected chi connectivity index (χ1v) is 7.49. The van der Waals surface area contributed by atoms with Crippen LogP contribution in [0.25, 0.3) is 0 Å². The second-order valence-corrected chi connectivity index (χ2v) is 5.77. The molecule has 1 heterocycles. The van der Waals surface area contributed by atoms with Crippen molar-refractivity contribution in [2.45, 2.75) is 45.2 Å². The lowest BCUT2D eigenvalue weighted by atomic mass is 9.93. The zero-order valence-corrected chi connectivity index (χ0v) is 11.3. The van der Waals surface area contributed by atoms with E-state index < -0.39 is 0 Å². The molecule has 2 rings (SSSR count). The Hall–Kier alpha value is -0.410. The van der Waals surface area contributed by atoms with Crippen LogP contribution < -0.4 is 5.73 Å². The van der Waals surface area contributed by atoms with Crippen LogP contribution in [0.15, 0.2) is 6.07 Å². The van der Waals surface area contributed by atoms with Gasteiger partial charge in [0.25, 0.3) is 0 Å². The number of nitrogens with zero attached hydrogens (tertiary/aromatic N) is 1. The third-order valence-electron chi connectivity index (χ3n) is 3.55. The fraction of sp³-hybridized carbons (Fsp3) is 0.692. The Labute approximate surface area is 103 Å². The van der Waals surface area contributed by atoms with Crippen LogP contribution >= 0.6 is 11.8 Å². The Morgan fingerprint density at radius 2 is 2.38 bits per heavy atom. The van der Waals surface area contributed by atoms with Gasteiger partial charge in [-0.1, -0.05) is 0 Å². The highest BCUT2D eigenvalue weighted by molar-refractivity contribution is 7.98. The Morgan fingerprint density at radius 3 is 3.06 bits per heavy atom. The molecule has 2 unspecified atom stereocenters. The molecule has 0 aliphatic heterocycles. The molecule has 1 aromatic heterocycles. The first kappa shape index (κ1) is 12.1. The maximum atomic E-state index is 6.18. The highest BCUT2D eigenvalue weighted by Gasteiger charge is 2.23. The van der Waals surface area contributed by atoms with E-state index in [-0.39, 0.29) is 6.04 Å². The molecule has 0 aromatic carbocycles. The van der Waals surface area contributed by atoms with Crippen molar-refractivity contribution >= 4 is 11.8 Å². The van der Waals surface area contributed by atoms with Crippen LogP contribution in [0.3, 0.4) is 0 Å². The first-order chi connectivity index (χ1) is 7.65. The summed E-state index contributed by atoms with van der Waals surface area (Å²) in [6.07, 6.45) is 5.76. The van der Waals surface area contributed by atoms with Crippen molar-refractivity contribution in [3.05, 3.63) is 23.0 Å². The smallest absolute Gasteiger partial charge is 0.0398 e. The predicted octanol–water partition coefficient (Wildman–Crippen LogP) is 3.06. The SMILES string of the molecule is CSCC(C)n1c(C)cc2c1CCCC2N. The van der Waals surface area contributed by atoms with E-state index in [1.807, 2.05) is 11.8 Å². The number of rotatable bonds is 3. The largest absolute Gasteiger partial charge is 0.345 e. The maximum Gasteiger partial charge on any atom is 0.0398 e. The molecule has 90 valence electrons. The molecule has 0 amide bonds. The van der Waals surface area contributed by atoms with Crippen LogP contribution in [-0.4, -0.2) is 16.6 Å². The zero-order valence-electron chi connectivity index (χ0n) is 10.5. The summed E-state index contributed by atoms with van der Waals surface area (Å²) in [6.45, 7) is 4.52. The van der Waals surface area contributed by atoms with Gasteiger partial charge in [-0.05, 0) is 51.0 Å². The van der Waals surface area contributed by atoms with E-state index in [2.05, 4.69) is 30.7 Å². The fourth-order valence-corrected chi connectivity index (χ4v) is 3.52. The molecule has 2 atom stereocenters. The van der Waals surface area contributed by atoms with Crippen molar-refractivity contribution < 1.29 is 0 Å². The average molecular weight is 238 g/mol. The number of aryl methyl sites for hydroxylation is 1. The molecule has 1 aliphatic carbocycles. The molecule has 0 bridgehead atoms. The summed E-state index contributed by atoms with van der Waals surface area (Å²) in [5, 5.41) is 0. The minimum atomic E-state index is 0.269. The summed E-state index contributed by atoms with van der Waals surface area (Å²) in [4.78, 5) is 0. The molecule has 2 nitrogen and oxygen atoms in total. The average Bonchev–Trinajstić information content (AvgIpc) is 2.56. The summed E-state index contributed by atoms with van der Waals surface area (Å²) >= 11 is 1.92. The molecule has 3 heteroatoms. The Morgan fingerprint density at radius 1 is 1.62 bits per heavy atom. The second-order valence-electron chi connectivity index (χ2n) is 4.86. The molecule has 0 saturated carbocycles. The monoisotopic (exact) mass is 238 g/mol. The van der Waals surface area contributed by atoms with Crippen molar-refractivity contribution in [2.24, 2.45) is 5.73 Å². The summed E-state index contributed by atoms with van der Waals surface area (Å²) < 4.78 is 2.50. The molecule has 2 N–H and O–H groups in total. The minimum absolute atomic E-state index is 0.269. The van der Waals surface area contributed by atoms with Gasteiger partial charge in [-0.2, -0.15) is 11.8 Å². The molecule has 1 aliphatic rings. The fourth-order valence-electron chi connectivity index (χ4n) is 2.89. The normalized spacial score (nSPS) is 21.9. The lowest BCUT2D eigenvalue weighted by Gasteiger charge is -2.24. The number of thioether (sulfide) groups is 1. The highest BCUT2D eigenvalue weighted by atomic mass is 32.2. The quantitative estimate of drug-likeness (QED) is 0.877. The van der Waals surface area contributed by atoms with Gasteiger partial charge in [-0.15, -0.1) is 0 Å². The third-order valence-corrected chi connectivity index (χ3v) is 4.36. The number of hydrogen-bond acceptors (Lipinski definition) is 2. The van der Waals surface area contributed by atoms with E-state index in [4.69, 9.17) is 5.73 Å². The van der Waals surface area contributed by atoms with Gasteiger partial charge >= 0.3 is 0 Å².